The fourth-order valence-electron chi connectivity index (χ4n) is 10.9. The molecule has 10 aromatic rings. The van der Waals surface area contributed by atoms with Crippen LogP contribution in [-0.4, -0.2) is 157 Å². The molecule has 2 aliphatic rings. The number of carbonyl (C=O) groups excluding carboxylic acids is 2. The number of anilines is 2. The van der Waals surface area contributed by atoms with E-state index >= 15 is 0 Å². The van der Waals surface area contributed by atoms with E-state index in [1.807, 2.05) is 0 Å². The molecule has 0 spiro atoms. The molecule has 8 aromatic carbocycles. The number of fused-ring (bicyclic) bond motifs is 4. The van der Waals surface area contributed by atoms with Gasteiger partial charge in [0.25, 0.3) is 80.9 Å². The number of aromatic amines is 4. The highest BCUT2D eigenvalue weighted by Gasteiger charge is 2.37. The molecule has 0 unspecified atom stereocenters. The number of nitrogens with one attached hydrogen (secondary N) is 6. The van der Waals surface area contributed by atoms with Gasteiger partial charge >= 0.3 is 0 Å². The Kier molecular flexibility index (Phi) is 19.7. The Hall–Kier alpha value is -10.9. The van der Waals surface area contributed by atoms with Gasteiger partial charge in [0.05, 0.1) is 45.3 Å². The quantitative estimate of drug-likeness (QED) is 0.0408. The maximum Gasteiger partial charge on any atom is 0.296 e. The Bertz CT molecular complexity index is 6780. The molecule has 108 heavy (non-hydrogen) atoms. The van der Waals surface area contributed by atoms with Gasteiger partial charge in [0.2, 0.25) is 44.6 Å². The lowest BCUT2D eigenvalue weighted by Crippen LogP contribution is -2.28. The molecule has 558 valence electrons. The molecule has 0 bridgehead atoms. The van der Waals surface area contributed by atoms with Gasteiger partial charge in [-0.05, 0) is 119 Å². The van der Waals surface area contributed by atoms with Crippen LogP contribution in [0.25, 0.3) is 44.8 Å². The van der Waals surface area contributed by atoms with Gasteiger partial charge in [0, 0.05) is 32.7 Å². The number of ketones is 2. The van der Waals surface area contributed by atoms with E-state index in [-0.39, 0.29) is 33.9 Å². The highest BCUT2D eigenvalue weighted by atomic mass is 35.5. The van der Waals surface area contributed by atoms with Crippen molar-refractivity contribution in [2.45, 2.75) is 29.4 Å². The molecule has 0 amide bonds. The number of hydrogen-bond donors (Lipinski definition) is 14. The number of allylic oxidation sites excluding steroid dienone is 2. The number of rotatable bonds is 17. The van der Waals surface area contributed by atoms with Gasteiger partial charge in [-0.15, -0.1) is 0 Å². The van der Waals surface area contributed by atoms with Crippen LogP contribution in [-0.2, 0) is 80.9 Å². The van der Waals surface area contributed by atoms with Crippen LogP contribution in [0.2, 0.25) is 10.6 Å². The first-order valence-electron chi connectivity index (χ1n) is 28.8. The van der Waals surface area contributed by atoms with Gasteiger partial charge in [0.1, 0.15) is 39.2 Å². The van der Waals surface area contributed by atoms with Crippen molar-refractivity contribution in [1.29, 1.82) is 0 Å². The number of H-pyrrole nitrogens is 4. The van der Waals surface area contributed by atoms with Crippen molar-refractivity contribution in [2.75, 3.05) is 10.9 Å². The lowest BCUT2D eigenvalue weighted by molar-refractivity contribution is 0.105. The van der Waals surface area contributed by atoms with E-state index in [0.717, 1.165) is 109 Å². The summed E-state index contributed by atoms with van der Waals surface area (Å²) in [5.74, 6) is -2.57. The number of benzene rings is 8. The number of hydrazone groups is 2. The molecule has 0 saturated carbocycles. The smallest absolute Gasteiger partial charge is 0.296 e. The zero-order valence-corrected chi connectivity index (χ0v) is 60.4. The fourth-order valence-corrected chi connectivity index (χ4v) is 16.9. The van der Waals surface area contributed by atoms with Gasteiger partial charge in [-0.25, -0.2) is 20.0 Å². The molecule has 0 fully saturated rings. The maximum absolute atomic E-state index is 14.4. The zero-order chi connectivity index (χ0) is 78.5. The van der Waals surface area contributed by atoms with Crippen molar-refractivity contribution >= 4 is 195 Å². The predicted octanol–water partition coefficient (Wildman–Crippen LogP) is 5.27. The van der Waals surface area contributed by atoms with E-state index in [0.29, 0.717) is 0 Å². The standard InChI is InChI=1S/C58H38Cl2N14O26S8/c59-53-65-55(69-57(67-53)63-37-9-1-5-25-17-45(107(95,96)97)49(51(75)47(25)37)73-71-29-19-35-31(43(23-29)105(89,90)91)7-3-11-39(35)101(77,78)79)61-27-13-15-33(41(21-27)103(83,84)85)34-16-14-28(22-42(34)104(86,87)88)62-56-66-54(60)68-58(70-56)64-38-10-2-6-26-18-46(108(98,99)100)50(52(76)48(26)38)74-72-30-20-36-32(44(24-30)106(92,93)94)8-4-12-40(36)102(80,81)82/h1-24,71-72H,(H,77,78,79)(H,80,81,82)(H,83,84,85)(H,86,87,88)(H,89,90,91)(H,92,93,94)(H,95,96,97)(H,98,99,100)(H2,61,63,65,67,69)(H2,62,64,66,68,70)/b73-49+,74-50+. The van der Waals surface area contributed by atoms with Crippen molar-refractivity contribution in [3.05, 3.63) is 199 Å². The minimum atomic E-state index is -5.42. The molecular formula is C58H38Cl2N14O26S8. The molecule has 2 aliphatic carbocycles. The molecule has 50 heteroatoms. The summed E-state index contributed by atoms with van der Waals surface area (Å²) in [4.78, 5) is 56.3. The molecule has 40 nitrogen and oxygen atoms in total. The fraction of sp³-hybridized carbons (Fsp3) is 0. The lowest BCUT2D eigenvalue weighted by Gasteiger charge is -2.18. The van der Waals surface area contributed by atoms with Gasteiger partial charge in [-0.3, -0.25) is 66.8 Å². The summed E-state index contributed by atoms with van der Waals surface area (Å²) in [5.41, 5.74) is -4.37. The second kappa shape index (κ2) is 27.7. The Morgan fingerprint density at radius 3 is 1.03 bits per heavy atom. The topological polar surface area (TPSA) is 656 Å². The summed E-state index contributed by atoms with van der Waals surface area (Å²) >= 11 is 12.6. The van der Waals surface area contributed by atoms with E-state index in [1.165, 1.54) is 36.4 Å². The number of halogens is 2. The third-order valence-corrected chi connectivity index (χ3v) is 22.7. The molecule has 0 atom stereocenters. The minimum Gasteiger partial charge on any atom is -0.300 e. The first-order valence-corrected chi connectivity index (χ1v) is 41.1. The van der Waals surface area contributed by atoms with Crippen LogP contribution in [0.1, 0.15) is 31.8 Å². The highest BCUT2D eigenvalue weighted by Crippen LogP contribution is 2.40. The van der Waals surface area contributed by atoms with E-state index in [9.17, 15) is 113 Å². The molecule has 0 aliphatic heterocycles. The largest absolute Gasteiger partial charge is 0.300 e. The average Bonchev–Trinajstić information content (AvgIpc) is 0.819. The molecule has 12 rings (SSSR count). The molecule has 0 radical (unpaired) electrons. The number of nitrogens with zero attached hydrogens (tertiary/aromatic N) is 8. The Labute approximate surface area is 613 Å². The summed E-state index contributed by atoms with van der Waals surface area (Å²) in [6.45, 7) is 0. The lowest BCUT2D eigenvalue weighted by atomic mass is 9.93. The van der Waals surface area contributed by atoms with Crippen LogP contribution in [0.15, 0.2) is 203 Å². The average molecular weight is 1670 g/mol. The molecule has 14 N–H and O–H groups in total. The van der Waals surface area contributed by atoms with E-state index < -0.39 is 231 Å². The van der Waals surface area contributed by atoms with Crippen LogP contribution in [0.4, 0.5) is 34.1 Å². The number of hydrogen-bond acceptors (Lipinski definition) is 28. The summed E-state index contributed by atoms with van der Waals surface area (Å²) in [5, 5.41) is 4.82. The number of Topliss-reactive ketones (excluding diaryl/α,β-unsaturated/α-hetero) is 2. The van der Waals surface area contributed by atoms with Gasteiger partial charge in [-0.1, -0.05) is 60.7 Å². The third kappa shape index (κ3) is 16.1. The van der Waals surface area contributed by atoms with Crippen molar-refractivity contribution in [2.24, 2.45) is 30.2 Å². The first kappa shape index (κ1) is 76.8. The number of carbonyl (C=O) groups is 2. The van der Waals surface area contributed by atoms with Crippen LogP contribution in [0.5, 0.6) is 0 Å². The molecule has 2 heterocycles. The van der Waals surface area contributed by atoms with E-state index in [2.05, 4.69) is 70.9 Å². The SMILES string of the molecule is O=C1/C(=N/Nc2cc(S(=O)(=O)O)c3cccc(S(=O)(=O)O)c3c2)C(S(=O)(=O)O)=Cc2cccc(N=c3[nH]c(Cl)nc(=Nc4ccc(-c5ccc(N=c6nc(Cl)[nH]c(=Nc7cccc8c7C(=O)/C(=N/Nc7cc(S(=O)(=O)O)c9cccc(S(=O)(=O)O)c9c7)C(S(=O)(=O)O)=C8)[nH]6)cc5S(=O)(=O)O)c(S(=O)(=O)O)c4)[nH]3)c21. The van der Waals surface area contributed by atoms with E-state index in [1.54, 1.807) is 0 Å². The van der Waals surface area contributed by atoms with Crippen molar-refractivity contribution in [1.82, 2.24) is 29.9 Å². The van der Waals surface area contributed by atoms with Crippen LogP contribution >= 0.6 is 23.2 Å². The van der Waals surface area contributed by atoms with Crippen LogP contribution in [0, 0.1) is 0 Å². The van der Waals surface area contributed by atoms with Crippen molar-refractivity contribution < 1.29 is 113 Å². The first-order chi connectivity index (χ1) is 50.2. The second-order valence-electron chi connectivity index (χ2n) is 22.2. The minimum absolute atomic E-state index is 0.198. The summed E-state index contributed by atoms with van der Waals surface area (Å²) in [6, 6.07) is 22.3. The molecular weight excluding hydrogens is 1640 g/mol. The normalized spacial score (nSPS) is 15.6. The number of aromatic nitrogens is 6. The zero-order valence-electron chi connectivity index (χ0n) is 52.4. The Balaban J connectivity index is 0.871. The third-order valence-electron chi connectivity index (χ3n) is 15.2. The van der Waals surface area contributed by atoms with Gasteiger partial charge in [0.15, 0.2) is 11.4 Å². The predicted molar refractivity (Wildman–Crippen MR) is 378 cm³/mol. The second-order valence-corrected chi connectivity index (χ2v) is 34.0. The van der Waals surface area contributed by atoms with Gasteiger partial charge < -0.3 is 9.97 Å². The molecule has 0 saturated heterocycles. The van der Waals surface area contributed by atoms with E-state index in [4.69, 9.17) is 23.2 Å². The van der Waals surface area contributed by atoms with Crippen molar-refractivity contribution in [3.63, 3.8) is 0 Å². The molecule has 2 aromatic heterocycles. The highest BCUT2D eigenvalue weighted by molar-refractivity contribution is 7.91. The summed E-state index contributed by atoms with van der Waals surface area (Å²) < 4.78 is 285. The maximum atomic E-state index is 14.4. The summed E-state index contributed by atoms with van der Waals surface area (Å²) in [7, 11) is -42.1. The monoisotopic (exact) mass is 1670 g/mol. The van der Waals surface area contributed by atoms with Crippen LogP contribution in [0.3, 0.4) is 0 Å². The van der Waals surface area contributed by atoms with Crippen molar-refractivity contribution in [3.8, 4) is 11.1 Å². The Morgan fingerprint density at radius 2 is 0.694 bits per heavy atom. The van der Waals surface area contributed by atoms with Gasteiger partial charge in [-0.2, -0.15) is 87.5 Å². The summed E-state index contributed by atoms with van der Waals surface area (Å²) in [6.07, 6.45) is 1.60. The van der Waals surface area contributed by atoms with Crippen LogP contribution < -0.4 is 33.3 Å². The Morgan fingerprint density at radius 1 is 0.352 bits per heavy atom.